The maximum Gasteiger partial charge on any atom is 0.397 e. The summed E-state index contributed by atoms with van der Waals surface area (Å²) in [7, 11) is -2.74. The van der Waals surface area contributed by atoms with Gasteiger partial charge in [0.2, 0.25) is 0 Å². The Morgan fingerprint density at radius 3 is 1.20 bits per heavy atom. The molecule has 3 N–H and O–H groups in total. The zero-order valence-corrected chi connectivity index (χ0v) is 17.5. The molecule has 0 aromatic rings. The Morgan fingerprint density at radius 1 is 0.640 bits per heavy atom. The lowest BCUT2D eigenvalue weighted by Gasteiger charge is -2.03. The highest BCUT2D eigenvalue weighted by molar-refractivity contribution is 7.80. The normalized spacial score (nSPS) is 11.2. The summed E-state index contributed by atoms with van der Waals surface area (Å²) in [5.41, 5.74) is 4.50. The van der Waals surface area contributed by atoms with Gasteiger partial charge in [0.25, 0.3) is 0 Å². The summed E-state index contributed by atoms with van der Waals surface area (Å²) >= 11 is 0. The Hall–Kier alpha value is -0.170. The smallest absolute Gasteiger partial charge is 0.333 e. The molecule has 0 aromatic heterocycles. The highest BCUT2D eigenvalue weighted by Crippen LogP contribution is 2.13. The van der Waals surface area contributed by atoms with Crippen LogP contribution in [-0.2, 0) is 14.6 Å². The highest BCUT2D eigenvalue weighted by atomic mass is 32.3. The van der Waals surface area contributed by atoms with Gasteiger partial charge in [0.15, 0.2) is 0 Å². The van der Waals surface area contributed by atoms with E-state index in [4.69, 9.17) is 4.55 Å². The molecule has 5 nitrogen and oxygen atoms in total. The number of rotatable bonds is 18. The fourth-order valence-electron chi connectivity index (χ4n) is 2.81. The molecule has 0 unspecified atom stereocenters. The van der Waals surface area contributed by atoms with Crippen LogP contribution >= 0.6 is 0 Å². The first-order valence-electron chi connectivity index (χ1n) is 10.3. The van der Waals surface area contributed by atoms with Crippen LogP contribution in [0.25, 0.3) is 0 Å². The fourth-order valence-corrected chi connectivity index (χ4v) is 3.14. The Bertz CT molecular complexity index is 334. The van der Waals surface area contributed by atoms with E-state index in [-0.39, 0.29) is 6.61 Å². The molecule has 0 spiro atoms. The average Bonchev–Trinajstić information content (AvgIpc) is 2.58. The van der Waals surface area contributed by atoms with E-state index >= 15 is 0 Å². The van der Waals surface area contributed by atoms with Crippen LogP contribution < -0.4 is 5.73 Å². The van der Waals surface area contributed by atoms with Gasteiger partial charge in [-0.15, -0.1) is 0 Å². The van der Waals surface area contributed by atoms with Crippen LogP contribution in [-0.4, -0.2) is 26.6 Å². The molecule has 0 saturated carbocycles. The largest absolute Gasteiger partial charge is 0.397 e. The molecule has 0 radical (unpaired) electrons. The van der Waals surface area contributed by atoms with Crippen molar-refractivity contribution in [1.82, 2.24) is 0 Å². The summed E-state index contributed by atoms with van der Waals surface area (Å²) in [5.74, 6) is 0. The third kappa shape index (κ3) is 28.9. The van der Waals surface area contributed by atoms with Crippen molar-refractivity contribution in [1.29, 1.82) is 0 Å². The molecular formula is C19H43NO4S. The minimum absolute atomic E-state index is 0.0945. The number of hydrogen-bond acceptors (Lipinski definition) is 4. The van der Waals surface area contributed by atoms with Crippen LogP contribution in [0.3, 0.4) is 0 Å². The van der Waals surface area contributed by atoms with Gasteiger partial charge in [-0.3, -0.25) is 4.55 Å². The van der Waals surface area contributed by atoms with E-state index in [2.05, 4.69) is 16.8 Å². The fraction of sp³-hybridized carbons (Fsp3) is 1.00. The molecule has 0 atom stereocenters. The summed E-state index contributed by atoms with van der Waals surface area (Å²) in [6, 6.07) is 0. The number of hydrogen-bond donors (Lipinski definition) is 2. The van der Waals surface area contributed by atoms with Gasteiger partial charge in [0.1, 0.15) is 0 Å². The Kier molecular flexibility index (Phi) is 23.7. The van der Waals surface area contributed by atoms with Crippen LogP contribution in [0.15, 0.2) is 0 Å². The summed E-state index contributed by atoms with van der Waals surface area (Å²) in [5, 5.41) is 0. The molecule has 154 valence electrons. The van der Waals surface area contributed by atoms with Crippen LogP contribution in [0.1, 0.15) is 110 Å². The lowest BCUT2D eigenvalue weighted by atomic mass is 10.0. The monoisotopic (exact) mass is 381 g/mol. The van der Waals surface area contributed by atoms with Gasteiger partial charge >= 0.3 is 10.4 Å². The Balaban J connectivity index is 0. The molecule has 6 heteroatoms. The van der Waals surface area contributed by atoms with Crippen molar-refractivity contribution < 1.29 is 17.2 Å². The van der Waals surface area contributed by atoms with Crippen molar-refractivity contribution in [3.63, 3.8) is 0 Å². The SMILES string of the molecule is CCCCCCCCCCCCCCCCCCOS(=O)(=O)O.CN. The predicted molar refractivity (Wildman–Crippen MR) is 107 cm³/mol. The first-order valence-corrected chi connectivity index (χ1v) is 11.6. The molecule has 0 heterocycles. The highest BCUT2D eigenvalue weighted by Gasteiger charge is 2.02. The van der Waals surface area contributed by atoms with Gasteiger partial charge in [0.05, 0.1) is 6.61 Å². The zero-order valence-electron chi connectivity index (χ0n) is 16.7. The van der Waals surface area contributed by atoms with Crippen molar-refractivity contribution in [2.45, 2.75) is 110 Å². The average molecular weight is 382 g/mol. The van der Waals surface area contributed by atoms with Gasteiger partial charge in [0, 0.05) is 0 Å². The second kappa shape index (κ2) is 21.9. The van der Waals surface area contributed by atoms with Crippen LogP contribution in [0.4, 0.5) is 0 Å². The molecule has 0 rings (SSSR count). The van der Waals surface area contributed by atoms with Gasteiger partial charge in [-0.25, -0.2) is 4.18 Å². The van der Waals surface area contributed by atoms with Crippen molar-refractivity contribution in [3.8, 4) is 0 Å². The van der Waals surface area contributed by atoms with E-state index < -0.39 is 10.4 Å². The zero-order chi connectivity index (χ0) is 19.2. The number of nitrogens with two attached hydrogens (primary N) is 1. The summed E-state index contributed by atoms with van der Waals surface area (Å²) in [4.78, 5) is 0. The second-order valence-electron chi connectivity index (χ2n) is 6.55. The second-order valence-corrected chi connectivity index (χ2v) is 7.64. The molecule has 0 aliphatic rings. The van der Waals surface area contributed by atoms with Gasteiger partial charge in [-0.2, -0.15) is 8.42 Å². The molecule has 0 bridgehead atoms. The lowest BCUT2D eigenvalue weighted by Crippen LogP contribution is -2.04. The summed E-state index contributed by atoms with van der Waals surface area (Å²) in [6.07, 6.45) is 20.5. The molecule has 0 fully saturated rings. The maximum absolute atomic E-state index is 10.3. The molecule has 25 heavy (non-hydrogen) atoms. The quantitative estimate of drug-likeness (QED) is 0.237. The van der Waals surface area contributed by atoms with E-state index in [1.807, 2.05) is 0 Å². The summed E-state index contributed by atoms with van der Waals surface area (Å²) in [6.45, 7) is 2.36. The molecule has 0 saturated heterocycles. The van der Waals surface area contributed by atoms with E-state index in [9.17, 15) is 8.42 Å². The Labute approximate surface area is 157 Å². The minimum atomic E-state index is -4.24. The van der Waals surface area contributed by atoms with E-state index in [0.29, 0.717) is 6.42 Å². The van der Waals surface area contributed by atoms with Crippen LogP contribution in [0.2, 0.25) is 0 Å². The first kappa shape index (κ1) is 27.1. The standard InChI is InChI=1S/C18H38O4S.CH5N/c1-2-3-4-5-6-7-8-9-10-11-12-13-14-15-16-17-18-22-23(19,20)21;1-2/h2-18H2,1H3,(H,19,20,21);2H2,1H3. The van der Waals surface area contributed by atoms with Crippen molar-refractivity contribution in [2.75, 3.05) is 13.7 Å². The molecule has 0 amide bonds. The van der Waals surface area contributed by atoms with Crippen LogP contribution in [0, 0.1) is 0 Å². The maximum atomic E-state index is 10.3. The van der Waals surface area contributed by atoms with Crippen molar-refractivity contribution in [3.05, 3.63) is 0 Å². The Morgan fingerprint density at radius 2 is 0.920 bits per heavy atom. The predicted octanol–water partition coefficient (Wildman–Crippen LogP) is 5.64. The third-order valence-electron chi connectivity index (χ3n) is 4.23. The minimum Gasteiger partial charge on any atom is -0.333 e. The third-order valence-corrected chi connectivity index (χ3v) is 4.69. The van der Waals surface area contributed by atoms with Gasteiger partial charge in [-0.05, 0) is 13.5 Å². The molecule has 0 aromatic carbocycles. The van der Waals surface area contributed by atoms with E-state index in [1.54, 1.807) is 0 Å². The number of unbranched alkanes of at least 4 members (excludes halogenated alkanes) is 15. The lowest BCUT2D eigenvalue weighted by molar-refractivity contribution is 0.261. The van der Waals surface area contributed by atoms with Gasteiger partial charge < -0.3 is 5.73 Å². The first-order chi connectivity index (χ1) is 12.1. The van der Waals surface area contributed by atoms with E-state index in [1.165, 1.54) is 90.5 Å². The van der Waals surface area contributed by atoms with E-state index in [0.717, 1.165) is 12.8 Å². The van der Waals surface area contributed by atoms with Crippen molar-refractivity contribution in [2.24, 2.45) is 5.73 Å². The van der Waals surface area contributed by atoms with Crippen LogP contribution in [0.5, 0.6) is 0 Å². The molecular weight excluding hydrogens is 338 g/mol. The topological polar surface area (TPSA) is 89.6 Å². The molecule has 0 aliphatic carbocycles. The molecule has 0 aliphatic heterocycles. The van der Waals surface area contributed by atoms with Gasteiger partial charge in [-0.1, -0.05) is 103 Å². The summed E-state index contributed by atoms with van der Waals surface area (Å²) < 4.78 is 33.3. The van der Waals surface area contributed by atoms with Crippen molar-refractivity contribution >= 4 is 10.4 Å².